The molecule has 118 heavy (non-hydrogen) atoms. The summed E-state index contributed by atoms with van der Waals surface area (Å²) in [5.74, 6) is 0. The normalized spacial score (nSPS) is 12.8. The number of rotatable bonds is 24. The Morgan fingerprint density at radius 3 is 0.500 bits per heavy atom. The summed E-state index contributed by atoms with van der Waals surface area (Å²) in [6.07, 6.45) is 22.2. The quantitative estimate of drug-likeness (QED) is 0.0245. The van der Waals surface area contributed by atoms with Gasteiger partial charge in [0, 0.05) is 85.7 Å². The number of benzene rings is 9. The number of azo groups is 8. The Labute approximate surface area is 677 Å². The van der Waals surface area contributed by atoms with Crippen molar-refractivity contribution in [2.75, 3.05) is 0 Å². The molecule has 7 aromatic heterocycles. The number of nitrogens with zero attached hydrogens (tertiary/aromatic N) is 23. The molecule has 0 bridgehead atoms. The van der Waals surface area contributed by atoms with Crippen LogP contribution in [0.2, 0.25) is 0 Å². The minimum Gasteiger partial charge on any atom is -0.619 e. The van der Waals surface area contributed by atoms with Gasteiger partial charge in [0.25, 0.3) is 0 Å². The monoisotopic (exact) mass is 1540 g/mol. The third-order valence-corrected chi connectivity index (χ3v) is 18.7. The van der Waals surface area contributed by atoms with E-state index in [9.17, 15) is 15.6 Å². The van der Waals surface area contributed by atoms with Gasteiger partial charge in [0.1, 0.15) is 7.05 Å². The molecule has 0 atom stereocenters. The predicted octanol–water partition coefficient (Wildman–Crippen LogP) is 24.4. The minimum atomic E-state index is -0.922. The molecule has 0 spiro atoms. The van der Waals surface area contributed by atoms with Gasteiger partial charge in [0.2, 0.25) is 0 Å². The van der Waals surface area contributed by atoms with Crippen molar-refractivity contribution in [1.82, 2.24) is 15.0 Å². The van der Waals surface area contributed by atoms with Crippen molar-refractivity contribution in [2.24, 2.45) is 88.9 Å². The van der Waals surface area contributed by atoms with Gasteiger partial charge in [-0.1, -0.05) is 115 Å². The van der Waals surface area contributed by atoms with E-state index in [1.165, 1.54) is 37.2 Å². The van der Waals surface area contributed by atoms with Gasteiger partial charge in [0.05, 0.1) is 102 Å². The zero-order valence-electron chi connectivity index (χ0n) is 63.0. The molecule has 26 nitrogen and oxygen atoms in total. The summed E-state index contributed by atoms with van der Waals surface area (Å²) in [6.45, 7) is 0. The largest absolute Gasteiger partial charge is 0.619 e. The fourth-order valence-electron chi connectivity index (χ4n) is 12.8. The van der Waals surface area contributed by atoms with E-state index < -0.39 is 10.8 Å². The van der Waals surface area contributed by atoms with Crippen LogP contribution in [0, 0.1) is 15.6 Å². The molecule has 0 fully saturated rings. The third-order valence-electron chi connectivity index (χ3n) is 18.7. The van der Waals surface area contributed by atoms with E-state index in [-0.39, 0.29) is 0 Å². The fourth-order valence-corrected chi connectivity index (χ4v) is 12.8. The van der Waals surface area contributed by atoms with Crippen LogP contribution < -0.4 is 18.8 Å². The maximum absolute atomic E-state index is 11.5. The van der Waals surface area contributed by atoms with E-state index in [1.807, 2.05) is 248 Å². The first-order chi connectivity index (χ1) is 58.0. The predicted molar refractivity (Wildman–Crippen MR) is 446 cm³/mol. The van der Waals surface area contributed by atoms with E-state index >= 15 is 0 Å². The number of aromatic nitrogens is 7. The van der Waals surface area contributed by atoms with Gasteiger partial charge in [-0.3, -0.25) is 15.0 Å². The van der Waals surface area contributed by atoms with Crippen LogP contribution >= 0.6 is 0 Å². The molecular weight excluding hydrogens is 1480 g/mol. The summed E-state index contributed by atoms with van der Waals surface area (Å²) in [7, 11) is 1.94. The Hall–Kier alpha value is -16.8. The van der Waals surface area contributed by atoms with E-state index in [0.29, 0.717) is 71.1 Å². The summed E-state index contributed by atoms with van der Waals surface area (Å²) in [5, 5.41) is 106. The Balaban J connectivity index is 0.000000185. The van der Waals surface area contributed by atoms with E-state index in [4.69, 9.17) is 0 Å². The molecule has 568 valence electrons. The van der Waals surface area contributed by atoms with Crippen molar-refractivity contribution in [3.8, 4) is 0 Å². The van der Waals surface area contributed by atoms with Crippen molar-refractivity contribution < 1.29 is 18.8 Å². The van der Waals surface area contributed by atoms with Crippen molar-refractivity contribution in [2.45, 2.75) is 10.8 Å². The van der Waals surface area contributed by atoms with Crippen LogP contribution in [0.4, 0.5) is 91.0 Å². The first kappa shape index (κ1) is 76.6. The van der Waals surface area contributed by atoms with Crippen molar-refractivity contribution >= 4 is 91.0 Å². The molecule has 0 saturated carbocycles. The molecule has 0 N–H and O–H groups in total. The molecule has 9 aromatic carbocycles. The van der Waals surface area contributed by atoms with Crippen molar-refractivity contribution in [1.29, 1.82) is 0 Å². The van der Waals surface area contributed by atoms with Gasteiger partial charge in [-0.25, -0.2) is 4.57 Å². The van der Waals surface area contributed by atoms with Crippen LogP contribution in [0.5, 0.6) is 0 Å². The van der Waals surface area contributed by atoms with E-state index in [1.54, 1.807) is 73.6 Å². The molecule has 26 heteroatoms. The summed E-state index contributed by atoms with van der Waals surface area (Å²) >= 11 is 0. The average molecular weight is 1540 g/mol. The Bertz CT molecular complexity index is 5450. The molecule has 16 aromatic rings. The molecule has 0 amide bonds. The number of pyridine rings is 7. The van der Waals surface area contributed by atoms with Crippen LogP contribution in [-0.2, 0) is 17.9 Å². The van der Waals surface area contributed by atoms with E-state index in [0.717, 1.165) is 78.6 Å². The van der Waals surface area contributed by atoms with Gasteiger partial charge in [-0.2, -0.15) is 96.0 Å². The van der Waals surface area contributed by atoms with Crippen molar-refractivity contribution in [3.63, 3.8) is 0 Å². The molecular formula is C92H68N23O3+. The van der Waals surface area contributed by atoms with Crippen LogP contribution in [0.15, 0.2) is 478 Å². The lowest BCUT2D eigenvalue weighted by atomic mass is 9.65. The van der Waals surface area contributed by atoms with Gasteiger partial charge < -0.3 is 15.6 Å². The lowest BCUT2D eigenvalue weighted by Gasteiger charge is -2.37. The molecule has 0 aliphatic heterocycles. The fraction of sp³-hybridized carbons (Fsp3) is 0.0326. The zero-order chi connectivity index (χ0) is 80.6. The Morgan fingerprint density at radius 2 is 0.322 bits per heavy atom. The van der Waals surface area contributed by atoms with Crippen LogP contribution in [-0.4, -0.2) is 15.0 Å². The second-order valence-corrected chi connectivity index (χ2v) is 26.4. The topological polar surface area (TPSA) is 321 Å². The van der Waals surface area contributed by atoms with Crippen LogP contribution in [0.3, 0.4) is 0 Å². The molecule has 0 unspecified atom stereocenters. The second-order valence-electron chi connectivity index (χ2n) is 26.4. The first-order valence-corrected chi connectivity index (χ1v) is 37.0. The van der Waals surface area contributed by atoms with Gasteiger partial charge in [-0.05, 0) is 190 Å². The molecule has 0 radical (unpaired) electrons. The second kappa shape index (κ2) is 37.0. The lowest BCUT2D eigenvalue weighted by Crippen LogP contribution is -2.30. The SMILES string of the molecule is C[n+]1ccc(N=Nc2ccc(C(c3ccc(N=Nc4cc[n+]([O-])cc4)cc3)(c3ccc(N=Nc4cc[n+]([O-])cc4)cc3)c3ccc(N=Nc4cc[n+]([O-])cc4)cc3)cc2)cc1.c1ccc(N=Nc2ccc(C(c3ccc(N=Nc4ccncc4)cc3)(c3ccc(N=Nc4ccncc4)cc3)c3ccc(N=Nc4ccncc4)cc3)cc2)cc1. The number of aryl methyl sites for hydroxylation is 1. The smallest absolute Gasteiger partial charge is 0.182 e. The number of hydrogen-bond acceptors (Lipinski definition) is 22. The lowest BCUT2D eigenvalue weighted by molar-refractivity contribution is -0.671. The Morgan fingerprint density at radius 1 is 0.178 bits per heavy atom. The standard InChI is InChI=1S/C46H35N12O3.C46H33N11/c1-55-26-18-42(19-27-55)51-47-38-10-2-34(3-11-38)46(35-4-12-39(13-5-35)48-52-43-20-28-56(59)29-21-43,36-6-14-40(15-7-36)49-53-44-22-30-57(60)31-23-44)37-8-16-41(17-9-37)50-54-45-24-32-58(61)33-25-45;1-2-4-38(5-3-1)50-51-39-14-6-34(7-15-39)46(35-8-16-40(17-9-35)52-55-43-22-28-47-29-23-43,36-10-18-41(19-11-36)53-56-44-24-30-48-31-25-44)37-12-20-42(21-13-37)54-57-45-26-32-49-33-27-45/h2-33H,1H3;1-33H/q+1;. The van der Waals surface area contributed by atoms with Gasteiger partial charge >= 0.3 is 0 Å². The van der Waals surface area contributed by atoms with Crippen LogP contribution in [0.25, 0.3) is 0 Å². The van der Waals surface area contributed by atoms with Gasteiger partial charge in [-0.15, -0.1) is 0 Å². The van der Waals surface area contributed by atoms with Gasteiger partial charge in [0.15, 0.2) is 49.6 Å². The third kappa shape index (κ3) is 19.2. The molecule has 0 aliphatic rings. The zero-order valence-corrected chi connectivity index (χ0v) is 63.0. The first-order valence-electron chi connectivity index (χ1n) is 37.0. The van der Waals surface area contributed by atoms with Crippen molar-refractivity contribution in [3.05, 3.63) is 456 Å². The Kier molecular flexibility index (Phi) is 24.0. The maximum Gasteiger partial charge on any atom is 0.182 e. The summed E-state index contributed by atoms with van der Waals surface area (Å²) < 4.78 is 4.00. The highest BCUT2D eigenvalue weighted by Crippen LogP contribution is 2.49. The molecule has 16 rings (SSSR count). The highest BCUT2D eigenvalue weighted by Gasteiger charge is 2.40. The molecule has 7 heterocycles. The van der Waals surface area contributed by atoms with Crippen LogP contribution in [0.1, 0.15) is 44.5 Å². The summed E-state index contributed by atoms with van der Waals surface area (Å²) in [6, 6.07) is 98.0. The molecule has 0 saturated heterocycles. The molecule has 0 aliphatic carbocycles. The minimum absolute atomic E-state index is 0.543. The summed E-state index contributed by atoms with van der Waals surface area (Å²) in [5.41, 5.74) is 16.6. The maximum atomic E-state index is 11.5. The van der Waals surface area contributed by atoms with E-state index in [2.05, 4.69) is 145 Å². The number of hydrogen-bond donors (Lipinski definition) is 0. The highest BCUT2D eigenvalue weighted by atomic mass is 16.5. The highest BCUT2D eigenvalue weighted by molar-refractivity contribution is 5.67. The summed E-state index contributed by atoms with van der Waals surface area (Å²) in [4.78, 5) is 12.2. The average Bonchev–Trinajstić information content (AvgIpc) is 0.736.